The molecular weight excluding hydrogens is 270 g/mol. The zero-order valence-electron chi connectivity index (χ0n) is 10.7. The largest absolute Gasteiger partial charge is 0.465 e. The average Bonchev–Trinajstić information content (AvgIpc) is 2.76. The van der Waals surface area contributed by atoms with Crippen molar-refractivity contribution in [1.29, 1.82) is 0 Å². The molecule has 0 fully saturated rings. The van der Waals surface area contributed by atoms with Gasteiger partial charge in [-0.2, -0.15) is 0 Å². The van der Waals surface area contributed by atoms with Gasteiger partial charge in [-0.15, -0.1) is 0 Å². The lowest BCUT2D eigenvalue weighted by molar-refractivity contribution is -0.0139. The molecule has 7 heteroatoms. The van der Waals surface area contributed by atoms with E-state index < -0.39 is 22.2 Å². The van der Waals surface area contributed by atoms with Crippen molar-refractivity contribution in [1.82, 2.24) is 4.90 Å². The first-order chi connectivity index (χ1) is 8.90. The van der Waals surface area contributed by atoms with Gasteiger partial charge in [-0.25, -0.2) is 13.2 Å². The molecule has 1 heterocycles. The summed E-state index contributed by atoms with van der Waals surface area (Å²) in [5, 5.41) is 9.09. The molecule has 1 N–H and O–H groups in total. The molecule has 2 rings (SSSR count). The Kier molecular flexibility index (Phi) is 3.51. The van der Waals surface area contributed by atoms with Gasteiger partial charge in [0, 0.05) is 12.7 Å². The average molecular weight is 285 g/mol. The molecule has 0 radical (unpaired) electrons. The van der Waals surface area contributed by atoms with Gasteiger partial charge in [0.25, 0.3) is 0 Å². The summed E-state index contributed by atoms with van der Waals surface area (Å²) in [4.78, 5) is 12.5. The van der Waals surface area contributed by atoms with Crippen LogP contribution in [-0.4, -0.2) is 37.4 Å². The number of fused-ring (bicyclic) bond motifs is 1. The highest BCUT2D eigenvalue weighted by atomic mass is 32.2. The number of methoxy groups -OCH3 is 1. The molecule has 6 nitrogen and oxygen atoms in total. The first kappa shape index (κ1) is 13.8. The molecule has 0 aliphatic carbocycles. The predicted molar refractivity (Wildman–Crippen MR) is 67.5 cm³/mol. The van der Waals surface area contributed by atoms with E-state index >= 15 is 0 Å². The third-order valence-corrected chi connectivity index (χ3v) is 4.94. The molecule has 0 saturated carbocycles. The van der Waals surface area contributed by atoms with Crippen molar-refractivity contribution in [2.24, 2.45) is 0 Å². The van der Waals surface area contributed by atoms with Crippen molar-refractivity contribution >= 4 is 15.9 Å². The predicted octanol–water partition coefficient (Wildman–Crippen LogP) is 1.62. The number of sulfone groups is 1. The van der Waals surface area contributed by atoms with Crippen LogP contribution in [0.1, 0.15) is 24.3 Å². The summed E-state index contributed by atoms with van der Waals surface area (Å²) in [6, 6.07) is 4.65. The van der Waals surface area contributed by atoms with E-state index in [1.807, 2.05) is 0 Å². The summed E-state index contributed by atoms with van der Waals surface area (Å²) in [7, 11) is -1.87. The highest BCUT2D eigenvalue weighted by Gasteiger charge is 2.34. The monoisotopic (exact) mass is 285 g/mol. The van der Waals surface area contributed by atoms with Gasteiger partial charge in [0.15, 0.2) is 16.1 Å². The van der Waals surface area contributed by atoms with E-state index in [-0.39, 0.29) is 17.2 Å². The maximum Gasteiger partial charge on any atom is 0.409 e. The van der Waals surface area contributed by atoms with Crippen LogP contribution in [0.15, 0.2) is 23.1 Å². The van der Waals surface area contributed by atoms with Crippen LogP contribution in [0.4, 0.5) is 4.79 Å². The Hall–Kier alpha value is -1.60. The number of benzene rings is 1. The summed E-state index contributed by atoms with van der Waals surface area (Å²) in [6.07, 6.45) is -1.77. The zero-order chi connectivity index (χ0) is 14.2. The van der Waals surface area contributed by atoms with E-state index in [2.05, 4.69) is 0 Å². The lowest BCUT2D eigenvalue weighted by Gasteiger charge is -2.20. The number of nitrogens with zero attached hydrogens (tertiary/aromatic N) is 1. The van der Waals surface area contributed by atoms with Gasteiger partial charge in [0.2, 0.25) is 0 Å². The Morgan fingerprint density at radius 2 is 2.21 bits per heavy atom. The van der Waals surface area contributed by atoms with Gasteiger partial charge >= 0.3 is 6.09 Å². The number of hydrogen-bond acceptors (Lipinski definition) is 4. The van der Waals surface area contributed by atoms with Crippen molar-refractivity contribution in [2.75, 3.05) is 12.9 Å². The molecule has 0 spiro atoms. The minimum Gasteiger partial charge on any atom is -0.465 e. The third kappa shape index (κ3) is 2.31. The first-order valence-electron chi connectivity index (χ1n) is 5.78. The lowest BCUT2D eigenvalue weighted by Crippen LogP contribution is -2.28. The molecule has 1 amide bonds. The summed E-state index contributed by atoms with van der Waals surface area (Å²) in [5.41, 5.74) is 1.36. The van der Waals surface area contributed by atoms with Gasteiger partial charge in [-0.05, 0) is 17.7 Å². The van der Waals surface area contributed by atoms with Crippen molar-refractivity contribution in [3.63, 3.8) is 0 Å². The van der Waals surface area contributed by atoms with Gasteiger partial charge in [-0.1, -0.05) is 13.0 Å². The fourth-order valence-electron chi connectivity index (χ4n) is 2.18. The molecule has 1 aromatic rings. The molecule has 0 saturated heterocycles. The van der Waals surface area contributed by atoms with Gasteiger partial charge in [0.05, 0.1) is 17.2 Å². The minimum absolute atomic E-state index is 0.0160. The molecule has 1 aliphatic heterocycles. The SMILES string of the molecule is CCS(=O)(=O)c1ccc2c(c1)CN(C(=O)O)C2OC. The highest BCUT2D eigenvalue weighted by molar-refractivity contribution is 7.91. The van der Waals surface area contributed by atoms with E-state index in [1.165, 1.54) is 19.2 Å². The second-order valence-corrected chi connectivity index (χ2v) is 6.54. The second-order valence-electron chi connectivity index (χ2n) is 4.26. The lowest BCUT2D eigenvalue weighted by atomic mass is 10.1. The number of carbonyl (C=O) groups is 1. The maximum absolute atomic E-state index is 11.8. The van der Waals surface area contributed by atoms with E-state index in [9.17, 15) is 13.2 Å². The normalized spacial score (nSPS) is 18.4. The summed E-state index contributed by atoms with van der Waals surface area (Å²) in [6.45, 7) is 1.71. The van der Waals surface area contributed by atoms with Crippen LogP contribution in [0, 0.1) is 0 Å². The Labute approximate surface area is 111 Å². The molecule has 0 bridgehead atoms. The Morgan fingerprint density at radius 3 is 2.74 bits per heavy atom. The quantitative estimate of drug-likeness (QED) is 0.912. The summed E-state index contributed by atoms with van der Waals surface area (Å²) >= 11 is 0. The molecule has 0 aromatic heterocycles. The number of amides is 1. The third-order valence-electron chi connectivity index (χ3n) is 3.21. The molecule has 1 aromatic carbocycles. The Balaban J connectivity index is 2.46. The van der Waals surface area contributed by atoms with E-state index in [1.54, 1.807) is 13.0 Å². The number of carboxylic acid groups (broad SMARTS) is 1. The molecule has 104 valence electrons. The molecule has 1 aliphatic rings. The Bertz CT molecular complexity index is 611. The number of ether oxygens (including phenoxy) is 1. The summed E-state index contributed by atoms with van der Waals surface area (Å²) in [5.74, 6) is 0.0160. The van der Waals surface area contributed by atoms with Crippen molar-refractivity contribution in [3.8, 4) is 0 Å². The standard InChI is InChI=1S/C12H15NO5S/c1-3-19(16,17)9-4-5-10-8(6-9)7-13(12(14)15)11(10)18-2/h4-6,11H,3,7H2,1-2H3,(H,14,15). The van der Waals surface area contributed by atoms with Crippen molar-refractivity contribution in [3.05, 3.63) is 29.3 Å². The second kappa shape index (κ2) is 4.82. The van der Waals surface area contributed by atoms with Gasteiger partial charge in [-0.3, -0.25) is 4.90 Å². The van der Waals surface area contributed by atoms with E-state index in [4.69, 9.17) is 9.84 Å². The van der Waals surface area contributed by atoms with Gasteiger partial charge in [0.1, 0.15) is 0 Å². The van der Waals surface area contributed by atoms with E-state index in [0.717, 1.165) is 4.90 Å². The zero-order valence-corrected chi connectivity index (χ0v) is 11.5. The molecule has 1 unspecified atom stereocenters. The smallest absolute Gasteiger partial charge is 0.409 e. The molecular formula is C12H15NO5S. The fraction of sp³-hybridized carbons (Fsp3) is 0.417. The fourth-order valence-corrected chi connectivity index (χ4v) is 3.11. The van der Waals surface area contributed by atoms with Crippen LogP contribution < -0.4 is 0 Å². The van der Waals surface area contributed by atoms with Crippen LogP contribution >= 0.6 is 0 Å². The van der Waals surface area contributed by atoms with Crippen LogP contribution in [0.2, 0.25) is 0 Å². The van der Waals surface area contributed by atoms with Gasteiger partial charge < -0.3 is 9.84 Å². The van der Waals surface area contributed by atoms with Crippen LogP contribution in [-0.2, 0) is 21.1 Å². The molecule has 1 atom stereocenters. The first-order valence-corrected chi connectivity index (χ1v) is 7.44. The number of hydrogen-bond donors (Lipinski definition) is 1. The van der Waals surface area contributed by atoms with Crippen LogP contribution in [0.25, 0.3) is 0 Å². The highest BCUT2D eigenvalue weighted by Crippen LogP contribution is 2.35. The van der Waals surface area contributed by atoms with Crippen molar-refractivity contribution < 1.29 is 23.1 Å². The topological polar surface area (TPSA) is 83.9 Å². The van der Waals surface area contributed by atoms with E-state index in [0.29, 0.717) is 11.1 Å². The number of rotatable bonds is 3. The minimum atomic E-state index is -3.29. The Morgan fingerprint density at radius 1 is 1.53 bits per heavy atom. The van der Waals surface area contributed by atoms with Crippen LogP contribution in [0.3, 0.4) is 0 Å². The summed E-state index contributed by atoms with van der Waals surface area (Å²) < 4.78 is 28.8. The van der Waals surface area contributed by atoms with Crippen LogP contribution in [0.5, 0.6) is 0 Å². The maximum atomic E-state index is 11.8. The molecule has 19 heavy (non-hydrogen) atoms. The van der Waals surface area contributed by atoms with Crippen molar-refractivity contribution in [2.45, 2.75) is 24.6 Å².